The van der Waals surface area contributed by atoms with E-state index in [4.69, 9.17) is 16.3 Å². The molecule has 0 radical (unpaired) electrons. The van der Waals surface area contributed by atoms with Gasteiger partial charge in [0.1, 0.15) is 0 Å². The topological polar surface area (TPSA) is 76.8 Å². The minimum atomic E-state index is 0.549. The fourth-order valence-electron chi connectivity index (χ4n) is 1.83. The summed E-state index contributed by atoms with van der Waals surface area (Å²) in [7, 11) is 1.85. The number of hydrogen-bond acceptors (Lipinski definition) is 4. The first-order valence-electron chi connectivity index (χ1n) is 5.69. The fraction of sp³-hybridized carbons (Fsp3) is 0.0667. The van der Waals surface area contributed by atoms with E-state index in [9.17, 15) is 0 Å². The van der Waals surface area contributed by atoms with Crippen molar-refractivity contribution in [1.82, 2.24) is 0 Å². The van der Waals surface area contributed by atoms with Crippen LogP contribution in [0.25, 0.3) is 0 Å². The van der Waals surface area contributed by atoms with Crippen LogP contribution < -0.4 is 10.6 Å². The molecule has 0 spiro atoms. The lowest BCUT2D eigenvalue weighted by Crippen LogP contribution is -2.12. The van der Waals surface area contributed by atoms with E-state index < -0.39 is 0 Å². The quantitative estimate of drug-likeness (QED) is 0.829. The van der Waals surface area contributed by atoms with Crippen LogP contribution >= 0.6 is 0 Å². The molecule has 0 aliphatic carbocycles. The Bertz CT molecular complexity index is 692. The van der Waals surface area contributed by atoms with E-state index in [2.05, 4.69) is 12.1 Å². The zero-order valence-corrected chi connectivity index (χ0v) is 10.5. The van der Waals surface area contributed by atoms with Crippen molar-refractivity contribution in [2.45, 2.75) is 0 Å². The number of nitrogen functional groups attached to an aromatic ring is 1. The summed E-state index contributed by atoms with van der Waals surface area (Å²) < 4.78 is 0. The standard InChI is InChI=1S/C15H12N4/c1-19(13-4-2-3-11(7-13)9-16)15-8-12(10-17)5-6-14(15)18/h2-8H,18H2,1H3. The van der Waals surface area contributed by atoms with Gasteiger partial charge in [0.15, 0.2) is 0 Å². The largest absolute Gasteiger partial charge is 0.397 e. The minimum absolute atomic E-state index is 0.549. The van der Waals surface area contributed by atoms with Gasteiger partial charge in [-0.3, -0.25) is 0 Å². The summed E-state index contributed by atoms with van der Waals surface area (Å²) in [5.41, 5.74) is 9.25. The highest BCUT2D eigenvalue weighted by Crippen LogP contribution is 2.30. The van der Waals surface area contributed by atoms with Gasteiger partial charge in [0.05, 0.1) is 34.6 Å². The van der Waals surface area contributed by atoms with E-state index in [0.29, 0.717) is 16.8 Å². The van der Waals surface area contributed by atoms with Crippen LogP contribution in [-0.2, 0) is 0 Å². The molecule has 0 saturated carbocycles. The molecular formula is C15H12N4. The molecule has 0 bridgehead atoms. The second kappa shape index (κ2) is 5.12. The molecule has 0 aliphatic rings. The lowest BCUT2D eigenvalue weighted by Gasteiger charge is -2.21. The number of nitrogens with two attached hydrogens (primary N) is 1. The monoisotopic (exact) mass is 248 g/mol. The molecule has 2 aromatic carbocycles. The summed E-state index contributed by atoms with van der Waals surface area (Å²) >= 11 is 0. The van der Waals surface area contributed by atoms with Crippen LogP contribution in [0.5, 0.6) is 0 Å². The average Bonchev–Trinajstić information content (AvgIpc) is 2.47. The first kappa shape index (κ1) is 12.5. The smallest absolute Gasteiger partial charge is 0.0992 e. The van der Waals surface area contributed by atoms with E-state index in [1.807, 2.05) is 24.1 Å². The predicted molar refractivity (Wildman–Crippen MR) is 74.8 cm³/mol. The third-order valence-electron chi connectivity index (χ3n) is 2.88. The predicted octanol–water partition coefficient (Wildman–Crippen LogP) is 2.78. The molecule has 4 nitrogen and oxygen atoms in total. The maximum absolute atomic E-state index is 8.94. The van der Waals surface area contributed by atoms with E-state index in [0.717, 1.165) is 11.4 Å². The maximum Gasteiger partial charge on any atom is 0.0992 e. The van der Waals surface area contributed by atoms with E-state index in [1.165, 1.54) is 0 Å². The Kier molecular flexibility index (Phi) is 3.36. The summed E-state index contributed by atoms with van der Waals surface area (Å²) in [6.45, 7) is 0. The van der Waals surface area contributed by atoms with Crippen molar-refractivity contribution in [3.05, 3.63) is 53.6 Å². The number of anilines is 3. The summed E-state index contributed by atoms with van der Waals surface area (Å²) in [4.78, 5) is 1.86. The van der Waals surface area contributed by atoms with Crippen LogP contribution in [0.15, 0.2) is 42.5 Å². The van der Waals surface area contributed by atoms with Crippen molar-refractivity contribution in [2.24, 2.45) is 0 Å². The van der Waals surface area contributed by atoms with Crippen LogP contribution in [-0.4, -0.2) is 7.05 Å². The Hall–Kier alpha value is -2.98. The molecule has 2 rings (SSSR count). The zero-order valence-electron chi connectivity index (χ0n) is 10.5. The molecule has 0 amide bonds. The number of nitrogens with zero attached hydrogens (tertiary/aromatic N) is 3. The van der Waals surface area contributed by atoms with Gasteiger partial charge in [-0.05, 0) is 36.4 Å². The number of rotatable bonds is 2. The summed E-state index contributed by atoms with van der Waals surface area (Å²) in [5, 5.41) is 17.8. The SMILES string of the molecule is CN(c1cccc(C#N)c1)c1cc(C#N)ccc1N. The van der Waals surface area contributed by atoms with Gasteiger partial charge in [-0.1, -0.05) is 6.07 Å². The Morgan fingerprint density at radius 3 is 2.37 bits per heavy atom. The second-order valence-electron chi connectivity index (χ2n) is 4.11. The molecule has 2 aromatic rings. The van der Waals surface area contributed by atoms with Crippen LogP contribution in [0.1, 0.15) is 11.1 Å². The molecule has 2 N–H and O–H groups in total. The molecule has 0 aliphatic heterocycles. The Morgan fingerprint density at radius 1 is 1.00 bits per heavy atom. The Labute approximate surface area is 111 Å². The molecule has 0 fully saturated rings. The van der Waals surface area contributed by atoms with Gasteiger partial charge in [0, 0.05) is 12.7 Å². The highest BCUT2D eigenvalue weighted by Gasteiger charge is 2.09. The van der Waals surface area contributed by atoms with Crippen LogP contribution in [0, 0.1) is 22.7 Å². The highest BCUT2D eigenvalue weighted by molar-refractivity contribution is 5.76. The number of nitriles is 2. The third-order valence-corrected chi connectivity index (χ3v) is 2.88. The highest BCUT2D eigenvalue weighted by atomic mass is 15.1. The lowest BCUT2D eigenvalue weighted by atomic mass is 10.1. The molecule has 0 unspecified atom stereocenters. The van der Waals surface area contributed by atoms with Gasteiger partial charge in [-0.25, -0.2) is 0 Å². The maximum atomic E-state index is 8.94. The van der Waals surface area contributed by atoms with Crippen molar-refractivity contribution in [3.8, 4) is 12.1 Å². The van der Waals surface area contributed by atoms with Crippen LogP contribution in [0.4, 0.5) is 17.1 Å². The molecule has 92 valence electrons. The molecular weight excluding hydrogens is 236 g/mol. The third kappa shape index (κ3) is 2.48. The molecule has 0 saturated heterocycles. The Balaban J connectivity index is 2.47. The van der Waals surface area contributed by atoms with Gasteiger partial charge < -0.3 is 10.6 Å². The van der Waals surface area contributed by atoms with Crippen LogP contribution in [0.3, 0.4) is 0 Å². The molecule has 0 heterocycles. The molecule has 19 heavy (non-hydrogen) atoms. The first-order chi connectivity index (χ1) is 9.15. The van der Waals surface area contributed by atoms with Gasteiger partial charge in [-0.15, -0.1) is 0 Å². The summed E-state index contributed by atoms with van der Waals surface area (Å²) in [6.07, 6.45) is 0. The fourth-order valence-corrected chi connectivity index (χ4v) is 1.83. The van der Waals surface area contributed by atoms with Crippen LogP contribution in [0.2, 0.25) is 0 Å². The molecule has 0 aromatic heterocycles. The van der Waals surface area contributed by atoms with Gasteiger partial charge in [-0.2, -0.15) is 10.5 Å². The van der Waals surface area contributed by atoms with Gasteiger partial charge >= 0.3 is 0 Å². The van der Waals surface area contributed by atoms with Crippen molar-refractivity contribution in [3.63, 3.8) is 0 Å². The summed E-state index contributed by atoms with van der Waals surface area (Å²) in [5.74, 6) is 0. The lowest BCUT2D eigenvalue weighted by molar-refractivity contribution is 1.21. The Morgan fingerprint density at radius 2 is 1.68 bits per heavy atom. The average molecular weight is 248 g/mol. The minimum Gasteiger partial charge on any atom is -0.397 e. The van der Waals surface area contributed by atoms with Crippen molar-refractivity contribution in [1.29, 1.82) is 10.5 Å². The number of hydrogen-bond donors (Lipinski definition) is 1. The summed E-state index contributed by atoms with van der Waals surface area (Å²) in [6, 6.07) is 16.5. The normalized spacial score (nSPS) is 9.42. The van der Waals surface area contributed by atoms with E-state index >= 15 is 0 Å². The van der Waals surface area contributed by atoms with Crippen molar-refractivity contribution >= 4 is 17.1 Å². The van der Waals surface area contributed by atoms with E-state index in [1.54, 1.807) is 30.3 Å². The zero-order chi connectivity index (χ0) is 13.8. The van der Waals surface area contributed by atoms with Crippen molar-refractivity contribution < 1.29 is 0 Å². The van der Waals surface area contributed by atoms with Gasteiger partial charge in [0.2, 0.25) is 0 Å². The van der Waals surface area contributed by atoms with Crippen molar-refractivity contribution in [2.75, 3.05) is 17.7 Å². The molecule has 0 atom stereocenters. The molecule has 4 heteroatoms. The first-order valence-corrected chi connectivity index (χ1v) is 5.69. The van der Waals surface area contributed by atoms with E-state index in [-0.39, 0.29) is 0 Å². The van der Waals surface area contributed by atoms with Gasteiger partial charge in [0.25, 0.3) is 0 Å². The number of benzene rings is 2. The second-order valence-corrected chi connectivity index (χ2v) is 4.11.